The van der Waals surface area contributed by atoms with Crippen LogP contribution in [-0.4, -0.2) is 24.6 Å². The van der Waals surface area contributed by atoms with Gasteiger partial charge in [-0.05, 0) is 60.4 Å². The van der Waals surface area contributed by atoms with Gasteiger partial charge in [-0.3, -0.25) is 4.40 Å². The van der Waals surface area contributed by atoms with Crippen LogP contribution in [0.15, 0.2) is 40.2 Å². The molecule has 5 nitrogen and oxygen atoms in total. The van der Waals surface area contributed by atoms with E-state index < -0.39 is 0 Å². The van der Waals surface area contributed by atoms with Crippen molar-refractivity contribution in [2.24, 2.45) is 0 Å². The van der Waals surface area contributed by atoms with Gasteiger partial charge in [0.05, 0.1) is 5.52 Å². The average molecular weight is 525 g/mol. The Balaban J connectivity index is 1.47. The predicted octanol–water partition coefficient (Wildman–Crippen LogP) is 6.94. The summed E-state index contributed by atoms with van der Waals surface area (Å²) in [6.07, 6.45) is 6.63. The van der Waals surface area contributed by atoms with Crippen LogP contribution in [0.1, 0.15) is 55.0 Å². The topological polar surface area (TPSA) is 56.0 Å². The summed E-state index contributed by atoms with van der Waals surface area (Å²) in [5, 5.41) is 11.2. The van der Waals surface area contributed by atoms with E-state index in [9.17, 15) is 0 Å². The van der Waals surface area contributed by atoms with Gasteiger partial charge >= 0.3 is 0 Å². The molecule has 0 amide bonds. The number of thioether (sulfide) groups is 1. The number of nitrogens with zero attached hydrogens (tertiary/aromatic N) is 5. The first-order valence-corrected chi connectivity index (χ1v) is 13.5. The number of rotatable bonds is 4. The summed E-state index contributed by atoms with van der Waals surface area (Å²) in [6.45, 7) is 4.50. The quantitative estimate of drug-likeness (QED) is 0.238. The molecule has 162 valence electrons. The van der Waals surface area contributed by atoms with Crippen molar-refractivity contribution in [3.05, 3.63) is 57.4 Å². The number of hydrogen-bond acceptors (Lipinski definition) is 6. The molecular formula is C24H22BrN5S2. The molecule has 4 aromatic heterocycles. The minimum Gasteiger partial charge on any atom is -0.259 e. The van der Waals surface area contributed by atoms with E-state index in [-0.39, 0.29) is 0 Å². The molecule has 0 spiro atoms. The Morgan fingerprint density at radius 3 is 2.66 bits per heavy atom. The second kappa shape index (κ2) is 8.08. The number of benzene rings is 1. The van der Waals surface area contributed by atoms with Crippen LogP contribution in [-0.2, 0) is 18.6 Å². The molecule has 8 heteroatoms. The van der Waals surface area contributed by atoms with Crippen LogP contribution in [0.3, 0.4) is 0 Å². The van der Waals surface area contributed by atoms with Gasteiger partial charge in [-0.1, -0.05) is 53.7 Å². The van der Waals surface area contributed by atoms with Gasteiger partial charge in [0.1, 0.15) is 15.9 Å². The first-order valence-electron chi connectivity index (χ1n) is 10.9. The Labute approximate surface area is 202 Å². The Morgan fingerprint density at radius 1 is 1.09 bits per heavy atom. The number of aryl methyl sites for hydroxylation is 1. The summed E-state index contributed by atoms with van der Waals surface area (Å²) in [4.78, 5) is 11.1. The summed E-state index contributed by atoms with van der Waals surface area (Å²) in [5.41, 5.74) is 7.37. The minimum absolute atomic E-state index is 0.430. The summed E-state index contributed by atoms with van der Waals surface area (Å²) >= 11 is 6.89. The van der Waals surface area contributed by atoms with Crippen molar-refractivity contribution < 1.29 is 0 Å². The van der Waals surface area contributed by atoms with Crippen molar-refractivity contribution in [3.8, 4) is 0 Å². The van der Waals surface area contributed by atoms with Crippen LogP contribution in [0.5, 0.6) is 0 Å². The highest BCUT2D eigenvalue weighted by Gasteiger charge is 2.24. The lowest BCUT2D eigenvalue weighted by molar-refractivity contribution is 0.667. The van der Waals surface area contributed by atoms with Crippen LogP contribution >= 0.6 is 39.0 Å². The highest BCUT2D eigenvalue weighted by atomic mass is 79.9. The second-order valence-electron chi connectivity index (χ2n) is 8.61. The third-order valence-electron chi connectivity index (χ3n) is 6.16. The number of fused-ring (bicyclic) bond motifs is 7. The molecule has 0 radical (unpaired) electrons. The first kappa shape index (κ1) is 20.6. The fourth-order valence-corrected chi connectivity index (χ4v) is 6.90. The summed E-state index contributed by atoms with van der Waals surface area (Å²) in [6, 6.07) is 8.40. The fraction of sp³-hybridized carbons (Fsp3) is 0.333. The van der Waals surface area contributed by atoms with Crippen molar-refractivity contribution in [1.82, 2.24) is 24.6 Å². The molecule has 0 fully saturated rings. The Morgan fingerprint density at radius 2 is 1.88 bits per heavy atom. The first-order chi connectivity index (χ1) is 15.6. The highest BCUT2D eigenvalue weighted by Crippen LogP contribution is 2.41. The van der Waals surface area contributed by atoms with E-state index in [4.69, 9.17) is 9.97 Å². The number of halogens is 1. The van der Waals surface area contributed by atoms with Gasteiger partial charge in [0, 0.05) is 21.3 Å². The van der Waals surface area contributed by atoms with E-state index in [1.165, 1.54) is 40.6 Å². The third-order valence-corrected chi connectivity index (χ3v) is 8.77. The van der Waals surface area contributed by atoms with Crippen LogP contribution in [0, 0.1) is 0 Å². The van der Waals surface area contributed by atoms with Gasteiger partial charge in [-0.15, -0.1) is 21.5 Å². The van der Waals surface area contributed by atoms with Crippen LogP contribution in [0.2, 0.25) is 0 Å². The standard InChI is InChI=1S/C24H22BrN5S2/c1-13(2)19-17-6-4-3-5-16(17)18-20-21(32-23(18)27-19)22-28-29-24(30(22)12-26-20)31-11-14-7-9-15(25)10-8-14/h7-10,12-13H,3-6,11H2,1-2H3. The SMILES string of the molecule is CC(C)c1nc2sc3c(ncn4c(SCc5ccc(Br)cc5)nnc34)c2c2c1CCCC2. The molecule has 4 heterocycles. The van der Waals surface area contributed by atoms with E-state index in [1.54, 1.807) is 23.1 Å². The maximum absolute atomic E-state index is 5.13. The van der Waals surface area contributed by atoms with E-state index in [0.717, 1.165) is 48.9 Å². The number of aromatic nitrogens is 5. The summed E-state index contributed by atoms with van der Waals surface area (Å²) in [7, 11) is 0. The minimum atomic E-state index is 0.430. The van der Waals surface area contributed by atoms with E-state index in [0.29, 0.717) is 5.92 Å². The predicted molar refractivity (Wildman–Crippen MR) is 136 cm³/mol. The lowest BCUT2D eigenvalue weighted by Gasteiger charge is -2.21. The highest BCUT2D eigenvalue weighted by molar-refractivity contribution is 9.10. The van der Waals surface area contributed by atoms with Gasteiger partial charge in [-0.2, -0.15) is 0 Å². The van der Waals surface area contributed by atoms with Crippen LogP contribution in [0.25, 0.3) is 26.1 Å². The lowest BCUT2D eigenvalue weighted by Crippen LogP contribution is -2.10. The van der Waals surface area contributed by atoms with Crippen molar-refractivity contribution in [2.45, 2.75) is 56.4 Å². The number of hydrogen-bond donors (Lipinski definition) is 0. The molecule has 32 heavy (non-hydrogen) atoms. The van der Waals surface area contributed by atoms with Gasteiger partial charge in [0.15, 0.2) is 10.8 Å². The maximum atomic E-state index is 5.13. The largest absolute Gasteiger partial charge is 0.259 e. The molecule has 1 aromatic carbocycles. The zero-order valence-corrected chi connectivity index (χ0v) is 21.1. The molecule has 0 bridgehead atoms. The van der Waals surface area contributed by atoms with Crippen LogP contribution < -0.4 is 0 Å². The molecule has 6 rings (SSSR count). The maximum Gasteiger partial charge on any atom is 0.197 e. The Bertz CT molecular complexity index is 1470. The van der Waals surface area contributed by atoms with E-state index in [2.05, 4.69) is 64.2 Å². The molecular weight excluding hydrogens is 502 g/mol. The van der Waals surface area contributed by atoms with Gasteiger partial charge in [0.25, 0.3) is 0 Å². The zero-order chi connectivity index (χ0) is 21.8. The van der Waals surface area contributed by atoms with Gasteiger partial charge in [-0.25, -0.2) is 9.97 Å². The molecule has 5 aromatic rings. The average Bonchev–Trinajstić information content (AvgIpc) is 3.39. The smallest absolute Gasteiger partial charge is 0.197 e. The van der Waals surface area contributed by atoms with Crippen molar-refractivity contribution in [2.75, 3.05) is 0 Å². The lowest BCUT2D eigenvalue weighted by atomic mass is 9.86. The fourth-order valence-electron chi connectivity index (χ4n) is 4.63. The van der Waals surface area contributed by atoms with Crippen molar-refractivity contribution in [1.29, 1.82) is 0 Å². The molecule has 1 aliphatic rings. The van der Waals surface area contributed by atoms with E-state index >= 15 is 0 Å². The van der Waals surface area contributed by atoms with E-state index in [1.807, 2.05) is 10.7 Å². The summed E-state index contributed by atoms with van der Waals surface area (Å²) < 4.78 is 4.20. The molecule has 1 aliphatic carbocycles. The Hall–Kier alpha value is -2.03. The zero-order valence-electron chi connectivity index (χ0n) is 17.9. The third kappa shape index (κ3) is 3.35. The van der Waals surface area contributed by atoms with Gasteiger partial charge in [0.2, 0.25) is 0 Å². The van der Waals surface area contributed by atoms with Gasteiger partial charge < -0.3 is 0 Å². The molecule has 0 saturated carbocycles. The molecule has 0 N–H and O–H groups in total. The number of pyridine rings is 1. The number of thiophene rings is 1. The van der Waals surface area contributed by atoms with Crippen LogP contribution in [0.4, 0.5) is 0 Å². The normalized spacial score (nSPS) is 14.1. The second-order valence-corrected chi connectivity index (χ2v) is 11.5. The molecule has 0 aliphatic heterocycles. The molecule has 0 unspecified atom stereocenters. The Kier molecular flexibility index (Phi) is 5.19. The summed E-state index contributed by atoms with van der Waals surface area (Å²) in [5.74, 6) is 1.27. The molecule has 0 saturated heterocycles. The van der Waals surface area contributed by atoms with Crippen molar-refractivity contribution >= 4 is 65.1 Å². The molecule has 0 atom stereocenters. The monoisotopic (exact) mass is 523 g/mol. The van der Waals surface area contributed by atoms with Crippen molar-refractivity contribution in [3.63, 3.8) is 0 Å².